The third-order valence-corrected chi connectivity index (χ3v) is 7.44. The lowest BCUT2D eigenvalue weighted by molar-refractivity contribution is 0.0896. The predicted molar refractivity (Wildman–Crippen MR) is 93.5 cm³/mol. The fraction of sp³-hybridized carbons (Fsp3) is 1.00. The molecule has 2 unspecified atom stereocenters. The molecular weight excluding hydrogens is 260 g/mol. The highest BCUT2D eigenvalue weighted by Crippen LogP contribution is 2.51. The zero-order chi connectivity index (χ0) is 14.6. The second-order valence-electron chi connectivity index (χ2n) is 8.19. The van der Waals surface area contributed by atoms with Crippen LogP contribution in [0.15, 0.2) is 0 Å². The summed E-state index contributed by atoms with van der Waals surface area (Å²) in [7, 11) is 0. The minimum Gasteiger partial charge on any atom is -0.175 e. The van der Waals surface area contributed by atoms with Crippen LogP contribution in [0.5, 0.6) is 0 Å². The summed E-state index contributed by atoms with van der Waals surface area (Å²) >= 11 is 5.11. The topological polar surface area (TPSA) is 0 Å². The average molecular weight is 297 g/mol. The Bertz CT molecular complexity index is 277. The zero-order valence-corrected chi connectivity index (χ0v) is 14.9. The third-order valence-electron chi connectivity index (χ3n) is 6.35. The van der Waals surface area contributed by atoms with Gasteiger partial charge in [-0.3, -0.25) is 0 Å². The van der Waals surface area contributed by atoms with Crippen molar-refractivity contribution < 1.29 is 0 Å². The Morgan fingerprint density at radius 3 is 2.40 bits per heavy atom. The molecule has 0 aromatic carbocycles. The molecule has 0 aromatic heterocycles. The first-order valence-corrected chi connectivity index (χ1v) is 9.75. The Balaban J connectivity index is 2.00. The van der Waals surface area contributed by atoms with Crippen LogP contribution in [0.2, 0.25) is 0 Å². The third kappa shape index (κ3) is 3.96. The largest absolute Gasteiger partial charge is 0.175 e. The van der Waals surface area contributed by atoms with Gasteiger partial charge in [-0.15, -0.1) is 0 Å². The van der Waals surface area contributed by atoms with Gasteiger partial charge in [0.25, 0.3) is 0 Å². The van der Waals surface area contributed by atoms with Crippen molar-refractivity contribution in [1.29, 1.82) is 0 Å². The van der Waals surface area contributed by atoms with E-state index in [0.717, 1.165) is 17.8 Å². The van der Waals surface area contributed by atoms with Gasteiger partial charge in [0.1, 0.15) is 0 Å². The van der Waals surface area contributed by atoms with Gasteiger partial charge in [-0.1, -0.05) is 65.7 Å². The van der Waals surface area contributed by atoms with E-state index in [0.29, 0.717) is 10.7 Å². The van der Waals surface area contributed by atoms with Crippen LogP contribution in [-0.2, 0) is 0 Å². The number of hydrogen-bond donors (Lipinski definition) is 1. The van der Waals surface area contributed by atoms with Gasteiger partial charge in [-0.2, -0.15) is 12.6 Å². The molecular formula is C19H36S. The second-order valence-corrected chi connectivity index (χ2v) is 8.75. The quantitative estimate of drug-likeness (QED) is 0.444. The highest BCUT2D eigenvalue weighted by Gasteiger charge is 2.43. The maximum atomic E-state index is 5.11. The Morgan fingerprint density at radius 2 is 1.70 bits per heavy atom. The summed E-state index contributed by atoms with van der Waals surface area (Å²) in [5.41, 5.74) is 0.427. The van der Waals surface area contributed by atoms with E-state index in [1.807, 2.05) is 0 Å². The van der Waals surface area contributed by atoms with Crippen LogP contribution in [0.4, 0.5) is 0 Å². The van der Waals surface area contributed by atoms with E-state index in [2.05, 4.69) is 20.8 Å². The first-order valence-electron chi connectivity index (χ1n) is 9.23. The van der Waals surface area contributed by atoms with Gasteiger partial charge in [0, 0.05) is 5.25 Å². The average Bonchev–Trinajstić information content (AvgIpc) is 2.39. The van der Waals surface area contributed by atoms with Gasteiger partial charge in [-0.05, 0) is 48.9 Å². The molecule has 0 amide bonds. The summed E-state index contributed by atoms with van der Waals surface area (Å²) in [5, 5.41) is 0.628. The molecule has 3 fully saturated rings. The second kappa shape index (κ2) is 7.56. The van der Waals surface area contributed by atoms with Crippen LogP contribution in [0.1, 0.15) is 91.4 Å². The van der Waals surface area contributed by atoms with Crippen molar-refractivity contribution in [3.8, 4) is 0 Å². The molecule has 0 spiro atoms. The van der Waals surface area contributed by atoms with Gasteiger partial charge in [0.2, 0.25) is 0 Å². The van der Waals surface area contributed by atoms with Crippen LogP contribution in [0.3, 0.4) is 0 Å². The molecule has 20 heavy (non-hydrogen) atoms. The Morgan fingerprint density at radius 1 is 1.00 bits per heavy atom. The Labute approximate surface area is 132 Å². The molecule has 2 atom stereocenters. The monoisotopic (exact) mass is 296 g/mol. The molecule has 0 N–H and O–H groups in total. The molecule has 3 aliphatic rings. The van der Waals surface area contributed by atoms with Crippen LogP contribution in [0.25, 0.3) is 0 Å². The SMILES string of the molecule is CCCCCC1CCCCCC2CC(C2)C(S)C1(C)C. The molecule has 0 heterocycles. The first kappa shape index (κ1) is 16.7. The van der Waals surface area contributed by atoms with Crippen molar-refractivity contribution >= 4 is 12.6 Å². The van der Waals surface area contributed by atoms with E-state index in [1.54, 1.807) is 0 Å². The van der Waals surface area contributed by atoms with Crippen LogP contribution in [-0.4, -0.2) is 5.25 Å². The van der Waals surface area contributed by atoms with Gasteiger partial charge in [0.15, 0.2) is 0 Å². The van der Waals surface area contributed by atoms with Crippen molar-refractivity contribution in [3.63, 3.8) is 0 Å². The first-order chi connectivity index (χ1) is 9.55. The van der Waals surface area contributed by atoms with Gasteiger partial charge >= 0.3 is 0 Å². The maximum absolute atomic E-state index is 5.11. The van der Waals surface area contributed by atoms with E-state index >= 15 is 0 Å². The van der Waals surface area contributed by atoms with E-state index in [9.17, 15) is 0 Å². The van der Waals surface area contributed by atoms with Crippen LogP contribution >= 0.6 is 12.6 Å². The summed E-state index contributed by atoms with van der Waals surface area (Å²) in [6.45, 7) is 7.36. The predicted octanol–water partition coefficient (Wildman–Crippen LogP) is 6.50. The molecule has 3 saturated carbocycles. The summed E-state index contributed by atoms with van der Waals surface area (Å²) in [5.74, 6) is 2.85. The van der Waals surface area contributed by atoms with Crippen LogP contribution < -0.4 is 0 Å². The summed E-state index contributed by atoms with van der Waals surface area (Å²) in [6, 6.07) is 0. The molecule has 0 aliphatic heterocycles. The van der Waals surface area contributed by atoms with Crippen molar-refractivity contribution in [2.24, 2.45) is 23.2 Å². The molecule has 0 aromatic rings. The van der Waals surface area contributed by atoms with E-state index < -0.39 is 0 Å². The van der Waals surface area contributed by atoms with Crippen molar-refractivity contribution in [2.75, 3.05) is 0 Å². The smallest absolute Gasteiger partial charge is 0.00991 e. The molecule has 0 saturated heterocycles. The normalized spacial score (nSPS) is 37.8. The molecule has 3 aliphatic carbocycles. The van der Waals surface area contributed by atoms with Crippen molar-refractivity contribution in [1.82, 2.24) is 0 Å². The Hall–Kier alpha value is 0.350. The highest BCUT2D eigenvalue weighted by atomic mass is 32.1. The van der Waals surface area contributed by atoms with Crippen LogP contribution in [0, 0.1) is 23.2 Å². The Kier molecular flexibility index (Phi) is 6.32. The standard InChI is InChI=1S/C19H36S/c1-4-5-7-11-17-12-9-6-8-10-15-13-16(14-15)18(20)19(17,2)3/h15-18,20H,4-14H2,1-3H3. The molecule has 2 bridgehead atoms. The van der Waals surface area contributed by atoms with Gasteiger partial charge in [0.05, 0.1) is 0 Å². The van der Waals surface area contributed by atoms with Gasteiger partial charge in [-0.25, -0.2) is 0 Å². The van der Waals surface area contributed by atoms with Gasteiger partial charge < -0.3 is 0 Å². The minimum absolute atomic E-state index is 0.427. The number of thiol groups is 1. The zero-order valence-electron chi connectivity index (χ0n) is 14.0. The molecule has 0 radical (unpaired) electrons. The van der Waals surface area contributed by atoms with E-state index in [1.165, 1.54) is 70.6 Å². The molecule has 0 nitrogen and oxygen atoms in total. The minimum atomic E-state index is 0.427. The lowest BCUT2D eigenvalue weighted by Gasteiger charge is -2.48. The number of hydrogen-bond acceptors (Lipinski definition) is 1. The molecule has 1 heteroatoms. The van der Waals surface area contributed by atoms with Crippen molar-refractivity contribution in [3.05, 3.63) is 0 Å². The summed E-state index contributed by atoms with van der Waals surface area (Å²) < 4.78 is 0. The lowest BCUT2D eigenvalue weighted by Crippen LogP contribution is -2.43. The fourth-order valence-electron chi connectivity index (χ4n) is 4.66. The number of fused-ring (bicyclic) bond motifs is 7. The lowest BCUT2D eigenvalue weighted by atomic mass is 9.62. The van der Waals surface area contributed by atoms with Crippen molar-refractivity contribution in [2.45, 2.75) is 96.7 Å². The van der Waals surface area contributed by atoms with E-state index in [-0.39, 0.29) is 0 Å². The molecule has 118 valence electrons. The maximum Gasteiger partial charge on any atom is 0.00991 e. The highest BCUT2D eigenvalue weighted by molar-refractivity contribution is 7.81. The summed E-state index contributed by atoms with van der Waals surface area (Å²) in [4.78, 5) is 0. The number of unbranched alkanes of at least 4 members (excludes halogenated alkanes) is 2. The molecule has 3 rings (SSSR count). The summed E-state index contributed by atoms with van der Waals surface area (Å²) in [6.07, 6.45) is 15.9. The van der Waals surface area contributed by atoms with E-state index in [4.69, 9.17) is 12.6 Å². The number of rotatable bonds is 4. The fourth-order valence-corrected chi connectivity index (χ4v) is 5.11.